The maximum Gasteiger partial charge on any atom is 0.412 e. The van der Waals surface area contributed by atoms with E-state index in [9.17, 15) is 14.4 Å². The summed E-state index contributed by atoms with van der Waals surface area (Å²) in [5, 5.41) is 8.13. The molecule has 3 aromatic rings. The SMILES string of the molecule is CC(C)(C)OC(=O)Nc1cccc2nn3c(C4CCN(C(=O)OC(C)(C)C)CC4)cc(=O)[nH]c3c12. The summed E-state index contributed by atoms with van der Waals surface area (Å²) in [6, 6.07) is 6.93. The predicted octanol–water partition coefficient (Wildman–Crippen LogP) is 4.64. The summed E-state index contributed by atoms with van der Waals surface area (Å²) in [5.41, 5.74) is 0.959. The Morgan fingerprint density at radius 2 is 1.71 bits per heavy atom. The van der Waals surface area contributed by atoms with E-state index in [1.807, 2.05) is 26.8 Å². The van der Waals surface area contributed by atoms with E-state index in [0.717, 1.165) is 5.69 Å². The van der Waals surface area contributed by atoms with Crippen LogP contribution < -0.4 is 10.9 Å². The van der Waals surface area contributed by atoms with Gasteiger partial charge in [0.25, 0.3) is 5.56 Å². The number of aromatic nitrogens is 3. The highest BCUT2D eigenvalue weighted by Gasteiger charge is 2.29. The second-order valence-electron chi connectivity index (χ2n) is 10.9. The molecule has 0 atom stereocenters. The Labute approximate surface area is 203 Å². The zero-order valence-corrected chi connectivity index (χ0v) is 21.1. The van der Waals surface area contributed by atoms with Crippen LogP contribution in [0.2, 0.25) is 0 Å². The number of benzene rings is 1. The van der Waals surface area contributed by atoms with Gasteiger partial charge >= 0.3 is 12.2 Å². The van der Waals surface area contributed by atoms with Crippen molar-refractivity contribution in [2.24, 2.45) is 0 Å². The molecule has 1 aromatic carbocycles. The lowest BCUT2D eigenvalue weighted by Crippen LogP contribution is -2.41. The van der Waals surface area contributed by atoms with E-state index >= 15 is 0 Å². The van der Waals surface area contributed by atoms with E-state index in [0.29, 0.717) is 48.2 Å². The summed E-state index contributed by atoms with van der Waals surface area (Å²) >= 11 is 0. The van der Waals surface area contributed by atoms with Gasteiger partial charge in [0.05, 0.1) is 22.3 Å². The van der Waals surface area contributed by atoms with Gasteiger partial charge in [-0.2, -0.15) is 5.10 Å². The van der Waals surface area contributed by atoms with Gasteiger partial charge in [-0.15, -0.1) is 0 Å². The number of likely N-dealkylation sites (tertiary alicyclic amines) is 1. The molecule has 1 aliphatic rings. The van der Waals surface area contributed by atoms with Crippen LogP contribution in [0.25, 0.3) is 16.6 Å². The second-order valence-corrected chi connectivity index (χ2v) is 10.9. The van der Waals surface area contributed by atoms with Crippen molar-refractivity contribution in [1.29, 1.82) is 0 Å². The molecule has 0 saturated carbocycles. The van der Waals surface area contributed by atoms with Crippen molar-refractivity contribution >= 4 is 34.4 Å². The van der Waals surface area contributed by atoms with Crippen LogP contribution in [0.5, 0.6) is 0 Å². The normalized spacial score (nSPS) is 15.4. The van der Waals surface area contributed by atoms with Crippen LogP contribution in [-0.2, 0) is 9.47 Å². The van der Waals surface area contributed by atoms with E-state index in [2.05, 4.69) is 10.3 Å². The quantitative estimate of drug-likeness (QED) is 0.548. The van der Waals surface area contributed by atoms with E-state index in [1.165, 1.54) is 0 Å². The van der Waals surface area contributed by atoms with Crippen LogP contribution in [0, 0.1) is 0 Å². The van der Waals surface area contributed by atoms with Crippen molar-refractivity contribution in [1.82, 2.24) is 19.5 Å². The van der Waals surface area contributed by atoms with E-state index in [1.54, 1.807) is 48.4 Å². The van der Waals surface area contributed by atoms with Crippen molar-refractivity contribution in [3.05, 3.63) is 40.3 Å². The standard InChI is InChI=1S/C25H33N5O5/c1-24(2,3)34-22(32)26-16-8-7-9-17-20(16)21-27-19(31)14-18(30(21)28-17)15-10-12-29(13-11-15)23(33)35-25(4,5)6/h7-9,14-15H,10-13H2,1-6H3,(H,26,32)(H,27,31). The second kappa shape index (κ2) is 8.90. The number of nitrogens with zero attached hydrogens (tertiary/aromatic N) is 3. The number of hydrogen-bond donors (Lipinski definition) is 2. The number of fused-ring (bicyclic) bond motifs is 3. The minimum Gasteiger partial charge on any atom is -0.444 e. The van der Waals surface area contributed by atoms with Crippen LogP contribution in [0.15, 0.2) is 29.1 Å². The first-order valence-corrected chi connectivity index (χ1v) is 11.8. The number of H-pyrrole nitrogens is 1. The number of hydrogen-bond acceptors (Lipinski definition) is 6. The topological polar surface area (TPSA) is 118 Å². The van der Waals surface area contributed by atoms with Gasteiger partial charge in [0.1, 0.15) is 16.8 Å². The first-order valence-electron chi connectivity index (χ1n) is 11.8. The number of carbonyl (C=O) groups is 2. The first kappa shape index (κ1) is 24.6. The van der Waals surface area contributed by atoms with E-state index < -0.39 is 17.3 Å². The number of carbonyl (C=O) groups excluding carboxylic acids is 2. The van der Waals surface area contributed by atoms with Gasteiger partial charge in [0, 0.05) is 25.1 Å². The van der Waals surface area contributed by atoms with Crippen LogP contribution in [0.3, 0.4) is 0 Å². The average Bonchev–Trinajstić information content (AvgIpc) is 3.10. The summed E-state index contributed by atoms with van der Waals surface area (Å²) in [7, 11) is 0. The fourth-order valence-corrected chi connectivity index (χ4v) is 4.28. The molecule has 1 saturated heterocycles. The zero-order chi connectivity index (χ0) is 25.5. The third-order valence-electron chi connectivity index (χ3n) is 5.66. The van der Waals surface area contributed by atoms with Crippen molar-refractivity contribution in [3.8, 4) is 0 Å². The number of rotatable bonds is 2. The fourth-order valence-electron chi connectivity index (χ4n) is 4.28. The summed E-state index contributed by atoms with van der Waals surface area (Å²) in [5.74, 6) is 0.0371. The summed E-state index contributed by atoms with van der Waals surface area (Å²) < 4.78 is 12.6. The predicted molar refractivity (Wildman–Crippen MR) is 133 cm³/mol. The zero-order valence-electron chi connectivity index (χ0n) is 21.1. The molecule has 35 heavy (non-hydrogen) atoms. The fraction of sp³-hybridized carbons (Fsp3) is 0.520. The van der Waals surface area contributed by atoms with Crippen molar-refractivity contribution in [2.45, 2.75) is 71.5 Å². The third-order valence-corrected chi connectivity index (χ3v) is 5.66. The Hall–Kier alpha value is -3.56. The molecule has 0 spiro atoms. The Balaban J connectivity index is 1.64. The summed E-state index contributed by atoms with van der Waals surface area (Å²) in [4.78, 5) is 42.1. The van der Waals surface area contributed by atoms with Crippen LogP contribution in [-0.4, -0.2) is 56.0 Å². The van der Waals surface area contributed by atoms with Gasteiger partial charge in [0.15, 0.2) is 0 Å². The summed E-state index contributed by atoms with van der Waals surface area (Å²) in [6.07, 6.45) is 0.445. The molecule has 0 radical (unpaired) electrons. The molecular formula is C25H33N5O5. The monoisotopic (exact) mass is 483 g/mol. The largest absolute Gasteiger partial charge is 0.444 e. The molecule has 10 heteroatoms. The van der Waals surface area contributed by atoms with Gasteiger partial charge in [-0.05, 0) is 66.5 Å². The van der Waals surface area contributed by atoms with Gasteiger partial charge in [-0.3, -0.25) is 10.1 Å². The molecule has 2 aromatic heterocycles. The lowest BCUT2D eigenvalue weighted by atomic mass is 9.93. The Kier molecular flexibility index (Phi) is 6.25. The lowest BCUT2D eigenvalue weighted by molar-refractivity contribution is 0.0203. The summed E-state index contributed by atoms with van der Waals surface area (Å²) in [6.45, 7) is 12.0. The number of anilines is 1. The first-order chi connectivity index (χ1) is 16.3. The van der Waals surface area contributed by atoms with Crippen molar-refractivity contribution in [2.75, 3.05) is 18.4 Å². The molecule has 2 amide bonds. The van der Waals surface area contributed by atoms with E-state index in [-0.39, 0.29) is 17.6 Å². The molecule has 2 N–H and O–H groups in total. The highest BCUT2D eigenvalue weighted by Crippen LogP contribution is 2.32. The van der Waals surface area contributed by atoms with Crippen molar-refractivity contribution in [3.63, 3.8) is 0 Å². The molecule has 3 heterocycles. The minimum absolute atomic E-state index is 0.0371. The average molecular weight is 484 g/mol. The highest BCUT2D eigenvalue weighted by atomic mass is 16.6. The number of piperidine rings is 1. The van der Waals surface area contributed by atoms with Gasteiger partial charge in [-0.1, -0.05) is 6.07 Å². The molecule has 0 aliphatic carbocycles. The Morgan fingerprint density at radius 3 is 2.34 bits per heavy atom. The molecule has 0 bridgehead atoms. The maximum atomic E-state index is 12.6. The lowest BCUT2D eigenvalue weighted by Gasteiger charge is -2.33. The van der Waals surface area contributed by atoms with Crippen LogP contribution >= 0.6 is 0 Å². The molecule has 1 fully saturated rings. The molecular weight excluding hydrogens is 450 g/mol. The smallest absolute Gasteiger partial charge is 0.412 e. The van der Waals surface area contributed by atoms with Gasteiger partial charge in [0.2, 0.25) is 0 Å². The number of ether oxygens (including phenoxy) is 2. The molecule has 4 rings (SSSR count). The van der Waals surface area contributed by atoms with Crippen LogP contribution in [0.1, 0.15) is 66.0 Å². The Bertz CT molecular complexity index is 1320. The third kappa shape index (κ3) is 5.58. The van der Waals surface area contributed by atoms with Gasteiger partial charge in [-0.25, -0.2) is 14.1 Å². The number of aromatic amines is 1. The number of nitrogens with one attached hydrogen (secondary N) is 2. The van der Waals surface area contributed by atoms with Crippen LogP contribution in [0.4, 0.5) is 15.3 Å². The maximum absolute atomic E-state index is 12.6. The Morgan fingerprint density at radius 1 is 1.06 bits per heavy atom. The number of amides is 2. The molecule has 10 nitrogen and oxygen atoms in total. The molecule has 1 aliphatic heterocycles. The molecule has 0 unspecified atom stereocenters. The molecule has 188 valence electrons. The highest BCUT2D eigenvalue weighted by molar-refractivity contribution is 6.06. The van der Waals surface area contributed by atoms with Crippen molar-refractivity contribution < 1.29 is 19.1 Å². The van der Waals surface area contributed by atoms with E-state index in [4.69, 9.17) is 14.6 Å². The minimum atomic E-state index is -0.644. The van der Waals surface area contributed by atoms with Gasteiger partial charge < -0.3 is 19.4 Å².